The maximum absolute atomic E-state index is 13.2. The third-order valence-corrected chi connectivity index (χ3v) is 3.66. The molecular weight excluding hydrogens is 323 g/mol. The highest BCUT2D eigenvalue weighted by Gasteiger charge is 2.45. The lowest BCUT2D eigenvalue weighted by molar-refractivity contribution is -0.177. The lowest BCUT2D eigenvalue weighted by Crippen LogP contribution is -2.54. The summed E-state index contributed by atoms with van der Waals surface area (Å²) in [5.41, 5.74) is -0.0533. The van der Waals surface area contributed by atoms with Crippen molar-refractivity contribution in [1.82, 2.24) is 10.3 Å². The molecular formula is C16H22F3N3O2. The third kappa shape index (κ3) is 5.28. The molecule has 1 amide bonds. The number of hydrogen-bond acceptors (Lipinski definition) is 4. The molecule has 0 unspecified atom stereocenters. The van der Waals surface area contributed by atoms with Crippen LogP contribution in [0.15, 0.2) is 24.5 Å². The van der Waals surface area contributed by atoms with Gasteiger partial charge in [0.2, 0.25) is 0 Å². The molecule has 8 heteroatoms. The monoisotopic (exact) mass is 345 g/mol. The Bertz CT molecular complexity index is 558. The molecule has 1 aromatic heterocycles. The molecule has 0 radical (unpaired) electrons. The van der Waals surface area contributed by atoms with Crippen molar-refractivity contribution in [1.29, 1.82) is 0 Å². The zero-order valence-electron chi connectivity index (χ0n) is 13.9. The SMILES string of the molecule is CC(C)(C)OC(=O)N[C@H]1C[C@@H](C(F)(F)F)CN(c2ccncc2)C1. The van der Waals surface area contributed by atoms with E-state index >= 15 is 0 Å². The number of nitrogens with zero attached hydrogens (tertiary/aromatic N) is 2. The molecule has 1 fully saturated rings. The highest BCUT2D eigenvalue weighted by atomic mass is 19.4. The first-order valence-corrected chi connectivity index (χ1v) is 7.76. The van der Waals surface area contributed by atoms with Gasteiger partial charge in [-0.25, -0.2) is 4.79 Å². The van der Waals surface area contributed by atoms with Gasteiger partial charge in [0.05, 0.1) is 12.0 Å². The number of carbonyl (C=O) groups excluding carboxylic acids is 1. The number of alkyl carbamates (subject to hydrolysis) is 1. The minimum Gasteiger partial charge on any atom is -0.444 e. The number of halogens is 3. The summed E-state index contributed by atoms with van der Waals surface area (Å²) in [7, 11) is 0. The number of aromatic nitrogens is 1. The van der Waals surface area contributed by atoms with Gasteiger partial charge in [-0.15, -0.1) is 0 Å². The van der Waals surface area contributed by atoms with E-state index in [1.807, 2.05) is 0 Å². The molecule has 1 N–H and O–H groups in total. The van der Waals surface area contributed by atoms with Crippen LogP contribution >= 0.6 is 0 Å². The Morgan fingerprint density at radius 2 is 1.88 bits per heavy atom. The molecule has 2 heterocycles. The van der Waals surface area contributed by atoms with Crippen molar-refractivity contribution < 1.29 is 22.7 Å². The summed E-state index contributed by atoms with van der Waals surface area (Å²) in [6.07, 6.45) is -2.12. The predicted octanol–water partition coefficient (Wildman–Crippen LogP) is 3.36. The highest BCUT2D eigenvalue weighted by Crippen LogP contribution is 2.34. The maximum Gasteiger partial charge on any atom is 0.407 e. The van der Waals surface area contributed by atoms with E-state index in [9.17, 15) is 18.0 Å². The number of alkyl halides is 3. The second-order valence-corrected chi connectivity index (χ2v) is 6.93. The first-order valence-electron chi connectivity index (χ1n) is 7.76. The van der Waals surface area contributed by atoms with Crippen molar-refractivity contribution >= 4 is 11.8 Å². The molecule has 0 spiro atoms. The smallest absolute Gasteiger partial charge is 0.407 e. The average Bonchev–Trinajstić information content (AvgIpc) is 2.45. The fraction of sp³-hybridized carbons (Fsp3) is 0.625. The van der Waals surface area contributed by atoms with Gasteiger partial charge in [0.1, 0.15) is 5.60 Å². The van der Waals surface area contributed by atoms with Crippen LogP contribution in [0.5, 0.6) is 0 Å². The van der Waals surface area contributed by atoms with Gasteiger partial charge < -0.3 is 15.0 Å². The van der Waals surface area contributed by atoms with Gasteiger partial charge in [0, 0.05) is 31.2 Å². The third-order valence-electron chi connectivity index (χ3n) is 3.66. The van der Waals surface area contributed by atoms with Gasteiger partial charge in [-0.05, 0) is 39.3 Å². The molecule has 5 nitrogen and oxygen atoms in total. The van der Waals surface area contributed by atoms with E-state index in [-0.39, 0.29) is 19.5 Å². The topological polar surface area (TPSA) is 54.5 Å². The first-order chi connectivity index (χ1) is 11.0. The van der Waals surface area contributed by atoms with Crippen LogP contribution in [0.1, 0.15) is 27.2 Å². The highest BCUT2D eigenvalue weighted by molar-refractivity contribution is 5.68. The van der Waals surface area contributed by atoms with Crippen LogP contribution in [0.4, 0.5) is 23.7 Å². The molecule has 2 rings (SSSR count). The largest absolute Gasteiger partial charge is 0.444 e. The Balaban J connectivity index is 2.11. The van der Waals surface area contributed by atoms with Crippen LogP contribution in [0.3, 0.4) is 0 Å². The number of anilines is 1. The molecule has 24 heavy (non-hydrogen) atoms. The van der Waals surface area contributed by atoms with E-state index in [1.54, 1.807) is 37.8 Å². The van der Waals surface area contributed by atoms with Gasteiger partial charge >= 0.3 is 12.3 Å². The summed E-state index contributed by atoms with van der Waals surface area (Å²) in [4.78, 5) is 17.4. The Labute approximate surface area is 139 Å². The molecule has 0 aliphatic carbocycles. The Morgan fingerprint density at radius 3 is 2.42 bits per heavy atom. The molecule has 1 aliphatic heterocycles. The van der Waals surface area contributed by atoms with Gasteiger partial charge in [-0.2, -0.15) is 13.2 Å². The van der Waals surface area contributed by atoms with Crippen molar-refractivity contribution in [2.24, 2.45) is 5.92 Å². The molecule has 1 aromatic rings. The molecule has 0 saturated carbocycles. The number of nitrogens with one attached hydrogen (secondary N) is 1. The van der Waals surface area contributed by atoms with Gasteiger partial charge in [0.15, 0.2) is 0 Å². The molecule has 0 bridgehead atoms. The number of hydrogen-bond donors (Lipinski definition) is 1. The van der Waals surface area contributed by atoms with Crippen LogP contribution in [0, 0.1) is 5.92 Å². The second-order valence-electron chi connectivity index (χ2n) is 6.93. The average molecular weight is 345 g/mol. The molecule has 2 atom stereocenters. The van der Waals surface area contributed by atoms with Crippen LogP contribution in [0.2, 0.25) is 0 Å². The Hall–Kier alpha value is -1.99. The van der Waals surface area contributed by atoms with Crippen molar-refractivity contribution in [3.8, 4) is 0 Å². The molecule has 1 aliphatic rings. The quantitative estimate of drug-likeness (QED) is 0.893. The van der Waals surface area contributed by atoms with Crippen LogP contribution in [-0.2, 0) is 4.74 Å². The van der Waals surface area contributed by atoms with Crippen molar-refractivity contribution in [3.63, 3.8) is 0 Å². The fourth-order valence-electron chi connectivity index (χ4n) is 2.68. The summed E-state index contributed by atoms with van der Waals surface area (Å²) < 4.78 is 44.8. The number of carbonyl (C=O) groups is 1. The summed E-state index contributed by atoms with van der Waals surface area (Å²) in [5, 5.41) is 2.56. The second kappa shape index (κ2) is 6.86. The summed E-state index contributed by atoms with van der Waals surface area (Å²) in [6, 6.07) is 2.67. The van der Waals surface area contributed by atoms with Gasteiger partial charge in [0.25, 0.3) is 0 Å². The molecule has 134 valence electrons. The van der Waals surface area contributed by atoms with E-state index in [0.717, 1.165) is 0 Å². The minimum absolute atomic E-state index is 0.139. The molecule has 1 saturated heterocycles. The number of rotatable bonds is 2. The lowest BCUT2D eigenvalue weighted by Gasteiger charge is -2.40. The van der Waals surface area contributed by atoms with E-state index in [2.05, 4.69) is 10.3 Å². The lowest BCUT2D eigenvalue weighted by atomic mass is 9.93. The van der Waals surface area contributed by atoms with Crippen LogP contribution in [-0.4, -0.2) is 42.0 Å². The number of amides is 1. The predicted molar refractivity (Wildman–Crippen MR) is 83.8 cm³/mol. The Kier molecular flexibility index (Phi) is 5.25. The fourth-order valence-corrected chi connectivity index (χ4v) is 2.68. The normalized spacial score (nSPS) is 22.2. The van der Waals surface area contributed by atoms with Crippen molar-refractivity contribution in [2.75, 3.05) is 18.0 Å². The van der Waals surface area contributed by atoms with Gasteiger partial charge in [-0.3, -0.25) is 4.98 Å². The number of piperidine rings is 1. The van der Waals surface area contributed by atoms with E-state index in [0.29, 0.717) is 5.69 Å². The summed E-state index contributed by atoms with van der Waals surface area (Å²) in [6.45, 7) is 5.26. The maximum atomic E-state index is 13.2. The first kappa shape index (κ1) is 18.4. The van der Waals surface area contributed by atoms with E-state index < -0.39 is 29.8 Å². The van der Waals surface area contributed by atoms with Crippen molar-refractivity contribution in [2.45, 2.75) is 45.0 Å². The summed E-state index contributed by atoms with van der Waals surface area (Å²) in [5.74, 6) is -1.51. The van der Waals surface area contributed by atoms with Crippen molar-refractivity contribution in [3.05, 3.63) is 24.5 Å². The standard InChI is InChI=1S/C16H22F3N3O2/c1-15(2,3)24-14(23)21-12-8-11(16(17,18)19)9-22(10-12)13-4-6-20-7-5-13/h4-7,11-12H,8-10H2,1-3H3,(H,21,23)/t11-,12+/m1/s1. The summed E-state index contributed by atoms with van der Waals surface area (Å²) >= 11 is 0. The number of pyridine rings is 1. The van der Waals surface area contributed by atoms with E-state index in [1.165, 1.54) is 12.4 Å². The number of ether oxygens (including phenoxy) is 1. The molecule has 0 aromatic carbocycles. The van der Waals surface area contributed by atoms with E-state index in [4.69, 9.17) is 4.74 Å². The Morgan fingerprint density at radius 1 is 1.25 bits per heavy atom. The zero-order chi connectivity index (χ0) is 18.0. The van der Waals surface area contributed by atoms with Crippen LogP contribution < -0.4 is 10.2 Å². The zero-order valence-corrected chi connectivity index (χ0v) is 13.9. The van der Waals surface area contributed by atoms with Crippen LogP contribution in [0.25, 0.3) is 0 Å². The van der Waals surface area contributed by atoms with Gasteiger partial charge in [-0.1, -0.05) is 0 Å². The minimum atomic E-state index is -4.32.